The first-order valence-corrected chi connectivity index (χ1v) is 10.3. The summed E-state index contributed by atoms with van der Waals surface area (Å²) in [5, 5.41) is 10.9. The summed E-state index contributed by atoms with van der Waals surface area (Å²) in [6.07, 6.45) is 7.40. The molecule has 1 aromatic carbocycles. The first-order valence-electron chi connectivity index (χ1n) is 10.3. The number of fused-ring (bicyclic) bond motifs is 1. The minimum Gasteiger partial charge on any atom is -0.407 e. The molecule has 0 aliphatic heterocycles. The molecule has 33 heavy (non-hydrogen) atoms. The van der Waals surface area contributed by atoms with E-state index >= 15 is 0 Å². The van der Waals surface area contributed by atoms with Crippen molar-refractivity contribution in [1.82, 2.24) is 19.4 Å². The van der Waals surface area contributed by atoms with Crippen molar-refractivity contribution in [2.45, 2.75) is 32.5 Å². The molecule has 3 aromatic heterocycles. The molecule has 3 heterocycles. The highest BCUT2D eigenvalue weighted by Gasteiger charge is 2.17. The van der Waals surface area contributed by atoms with Crippen molar-refractivity contribution >= 4 is 22.7 Å². The maximum atomic E-state index is 13.1. The van der Waals surface area contributed by atoms with Crippen LogP contribution in [0.2, 0.25) is 0 Å². The van der Waals surface area contributed by atoms with Crippen LogP contribution in [0.5, 0.6) is 0 Å². The van der Waals surface area contributed by atoms with Crippen LogP contribution in [0.3, 0.4) is 0 Å². The van der Waals surface area contributed by atoms with E-state index in [1.54, 1.807) is 29.7 Å². The van der Waals surface area contributed by atoms with Crippen LogP contribution in [0.15, 0.2) is 76.5 Å². The van der Waals surface area contributed by atoms with Gasteiger partial charge < -0.3 is 9.32 Å². The number of nitro benzene ring substituents is 1. The molecule has 0 radical (unpaired) electrons. The molecule has 0 N–H and O–H groups in total. The zero-order valence-electron chi connectivity index (χ0n) is 17.7. The number of nitrogens with zero attached hydrogens (tertiary/aromatic N) is 5. The largest absolute Gasteiger partial charge is 0.419 e. The number of aryl methyl sites for hydroxylation is 1. The second-order valence-electron chi connectivity index (χ2n) is 7.50. The lowest BCUT2D eigenvalue weighted by atomic mass is 10.2. The van der Waals surface area contributed by atoms with Crippen molar-refractivity contribution in [3.8, 4) is 0 Å². The summed E-state index contributed by atoms with van der Waals surface area (Å²) in [6.45, 7) is 1.09. The van der Waals surface area contributed by atoms with Gasteiger partial charge in [0.05, 0.1) is 16.5 Å². The quantitative estimate of drug-likeness (QED) is 0.285. The van der Waals surface area contributed by atoms with Crippen molar-refractivity contribution in [1.29, 1.82) is 0 Å². The van der Waals surface area contributed by atoms with Gasteiger partial charge in [0.25, 0.3) is 5.69 Å². The fourth-order valence-electron chi connectivity index (χ4n) is 3.58. The number of aromatic nitrogens is 3. The first-order chi connectivity index (χ1) is 16.0. The Morgan fingerprint density at radius 2 is 1.85 bits per heavy atom. The topological polar surface area (TPSA) is 124 Å². The van der Waals surface area contributed by atoms with E-state index in [-0.39, 0.29) is 30.1 Å². The highest BCUT2D eigenvalue weighted by atomic mass is 16.6. The summed E-state index contributed by atoms with van der Waals surface area (Å²) < 4.78 is 6.54. The van der Waals surface area contributed by atoms with Gasteiger partial charge >= 0.3 is 5.76 Å². The van der Waals surface area contributed by atoms with Crippen LogP contribution in [-0.4, -0.2) is 30.3 Å². The van der Waals surface area contributed by atoms with Gasteiger partial charge in [0.15, 0.2) is 5.58 Å². The predicted octanol–water partition coefficient (Wildman–Crippen LogP) is 3.30. The van der Waals surface area contributed by atoms with Crippen LogP contribution in [0.1, 0.15) is 24.0 Å². The number of benzene rings is 1. The average molecular weight is 447 g/mol. The second kappa shape index (κ2) is 9.86. The molecule has 1 amide bonds. The molecule has 0 aliphatic rings. The lowest BCUT2D eigenvalue weighted by Gasteiger charge is -2.23. The van der Waals surface area contributed by atoms with Gasteiger partial charge in [-0.2, -0.15) is 0 Å². The number of pyridine rings is 2. The van der Waals surface area contributed by atoms with Crippen LogP contribution in [0.25, 0.3) is 11.1 Å². The minimum absolute atomic E-state index is 0.0628. The third-order valence-corrected chi connectivity index (χ3v) is 5.21. The Kier molecular flexibility index (Phi) is 6.53. The molecular formula is C23H21N5O5. The Labute approximate surface area is 188 Å². The summed E-state index contributed by atoms with van der Waals surface area (Å²) in [4.78, 5) is 45.5. The van der Waals surface area contributed by atoms with Crippen LogP contribution in [0, 0.1) is 10.1 Å². The number of carbonyl (C=O) groups excluding carboxylic acids is 1. The molecule has 0 spiro atoms. The molecule has 0 aliphatic carbocycles. The lowest BCUT2D eigenvalue weighted by Crippen LogP contribution is -2.30. The van der Waals surface area contributed by atoms with Crippen LogP contribution >= 0.6 is 0 Å². The summed E-state index contributed by atoms with van der Waals surface area (Å²) >= 11 is 0. The summed E-state index contributed by atoms with van der Waals surface area (Å²) in [5.74, 6) is -0.672. The Morgan fingerprint density at radius 3 is 2.58 bits per heavy atom. The van der Waals surface area contributed by atoms with Gasteiger partial charge in [-0.3, -0.25) is 29.4 Å². The SMILES string of the molecule is O=C(CCCn1c(=O)oc2cc([N+](=O)[O-])ccc21)N(Cc1ccncc1)Cc1cccnc1. The molecule has 0 bridgehead atoms. The Bertz CT molecular complexity index is 1280. The van der Waals surface area contributed by atoms with Gasteiger partial charge in [0.2, 0.25) is 5.91 Å². The summed E-state index contributed by atoms with van der Waals surface area (Å²) in [6, 6.07) is 11.5. The fraction of sp³-hybridized carbons (Fsp3) is 0.217. The average Bonchev–Trinajstić information content (AvgIpc) is 3.14. The van der Waals surface area contributed by atoms with Crippen LogP contribution < -0.4 is 5.76 Å². The van der Waals surface area contributed by atoms with Crippen molar-refractivity contribution in [3.63, 3.8) is 0 Å². The second-order valence-corrected chi connectivity index (χ2v) is 7.50. The standard InChI is InChI=1S/C23H21N5O5/c29-22(26(15-17-7-10-24-11-8-17)16-18-3-1-9-25-14-18)4-2-12-27-20-6-5-19(28(31)32)13-21(20)33-23(27)30/h1,3,5-11,13-14H,2,4,12,15-16H2. The molecule has 0 fully saturated rings. The molecular weight excluding hydrogens is 426 g/mol. The Morgan fingerprint density at radius 1 is 1.06 bits per heavy atom. The number of hydrogen-bond donors (Lipinski definition) is 0. The molecule has 168 valence electrons. The number of nitro groups is 1. The van der Waals surface area contributed by atoms with E-state index in [4.69, 9.17) is 4.42 Å². The maximum absolute atomic E-state index is 13.1. The van der Waals surface area contributed by atoms with Crippen molar-refractivity contribution < 1.29 is 14.1 Å². The fourth-order valence-corrected chi connectivity index (χ4v) is 3.58. The number of carbonyl (C=O) groups is 1. The van der Waals surface area contributed by atoms with Crippen molar-refractivity contribution in [2.24, 2.45) is 0 Å². The van der Waals surface area contributed by atoms with Gasteiger partial charge in [-0.25, -0.2) is 4.79 Å². The summed E-state index contributed by atoms with van der Waals surface area (Å²) in [5.41, 5.74) is 2.33. The Hall–Kier alpha value is -4.34. The third kappa shape index (κ3) is 5.29. The van der Waals surface area contributed by atoms with E-state index in [1.165, 1.54) is 22.8 Å². The minimum atomic E-state index is -0.609. The normalized spacial score (nSPS) is 10.9. The number of non-ortho nitro benzene ring substituents is 1. The van der Waals surface area contributed by atoms with E-state index in [0.717, 1.165) is 11.1 Å². The zero-order chi connectivity index (χ0) is 23.2. The van der Waals surface area contributed by atoms with E-state index < -0.39 is 10.7 Å². The summed E-state index contributed by atoms with van der Waals surface area (Å²) in [7, 11) is 0. The van der Waals surface area contributed by atoms with Gasteiger partial charge in [-0.15, -0.1) is 0 Å². The van der Waals surface area contributed by atoms with E-state index in [0.29, 0.717) is 25.0 Å². The molecule has 0 unspecified atom stereocenters. The van der Waals surface area contributed by atoms with E-state index in [1.807, 2.05) is 24.3 Å². The predicted molar refractivity (Wildman–Crippen MR) is 119 cm³/mol. The van der Waals surface area contributed by atoms with Crippen LogP contribution in [0.4, 0.5) is 5.69 Å². The van der Waals surface area contributed by atoms with Crippen molar-refractivity contribution in [3.05, 3.63) is 99.0 Å². The molecule has 4 aromatic rings. The van der Waals surface area contributed by atoms with Crippen LogP contribution in [-0.2, 0) is 24.4 Å². The van der Waals surface area contributed by atoms with Gasteiger partial charge in [-0.05, 0) is 41.8 Å². The number of oxazole rings is 1. The number of rotatable bonds is 9. The molecule has 10 nitrogen and oxygen atoms in total. The number of hydrogen-bond acceptors (Lipinski definition) is 7. The molecule has 0 atom stereocenters. The lowest BCUT2D eigenvalue weighted by molar-refractivity contribution is -0.384. The van der Waals surface area contributed by atoms with Gasteiger partial charge in [0, 0.05) is 56.9 Å². The molecule has 10 heteroatoms. The molecule has 0 saturated heterocycles. The van der Waals surface area contributed by atoms with Crippen molar-refractivity contribution in [2.75, 3.05) is 0 Å². The highest BCUT2D eigenvalue weighted by Crippen LogP contribution is 2.20. The van der Waals surface area contributed by atoms with E-state index in [9.17, 15) is 19.7 Å². The van der Waals surface area contributed by atoms with Gasteiger partial charge in [-0.1, -0.05) is 6.07 Å². The highest BCUT2D eigenvalue weighted by molar-refractivity contribution is 5.77. The molecule has 0 saturated carbocycles. The monoisotopic (exact) mass is 447 g/mol. The maximum Gasteiger partial charge on any atom is 0.419 e. The third-order valence-electron chi connectivity index (χ3n) is 5.21. The first kappa shape index (κ1) is 21.9. The smallest absolute Gasteiger partial charge is 0.407 e. The Balaban J connectivity index is 1.45. The number of amides is 1. The van der Waals surface area contributed by atoms with Gasteiger partial charge in [0.1, 0.15) is 0 Å². The zero-order valence-corrected chi connectivity index (χ0v) is 17.7. The van der Waals surface area contributed by atoms with E-state index in [2.05, 4.69) is 9.97 Å². The molecule has 4 rings (SSSR count).